The number of likely N-dealkylation sites (N-methyl/N-ethyl adjacent to an activating group) is 1. The summed E-state index contributed by atoms with van der Waals surface area (Å²) < 4.78 is 42.1. The molecule has 2 fully saturated rings. The summed E-state index contributed by atoms with van der Waals surface area (Å²) in [6.45, 7) is 3.32. The third-order valence-electron chi connectivity index (χ3n) is 5.40. The lowest BCUT2D eigenvalue weighted by molar-refractivity contribution is -0.275. The molecule has 1 atom stereocenters. The minimum Gasteiger partial charge on any atom is -0.405 e. The van der Waals surface area contributed by atoms with Gasteiger partial charge in [-0.25, -0.2) is 0 Å². The molecule has 0 radical (unpaired) electrons. The van der Waals surface area contributed by atoms with E-state index in [2.05, 4.69) is 26.9 Å². The average molecular weight is 371 g/mol. The number of carbonyl (C=O) groups is 1. The van der Waals surface area contributed by atoms with Crippen molar-refractivity contribution in [3.8, 4) is 5.75 Å². The first-order chi connectivity index (χ1) is 12.3. The van der Waals surface area contributed by atoms with Gasteiger partial charge in [0.2, 0.25) is 5.91 Å². The lowest BCUT2D eigenvalue weighted by atomic mass is 9.86. The van der Waals surface area contributed by atoms with Crippen molar-refractivity contribution in [2.45, 2.75) is 37.7 Å². The zero-order chi connectivity index (χ0) is 18.8. The second kappa shape index (κ2) is 7.44. The van der Waals surface area contributed by atoms with Gasteiger partial charge in [-0.1, -0.05) is 18.2 Å². The maximum Gasteiger partial charge on any atom is 0.573 e. The van der Waals surface area contributed by atoms with Gasteiger partial charge in [0.05, 0.1) is 0 Å². The number of para-hydroxylation sites is 1. The van der Waals surface area contributed by atoms with Crippen molar-refractivity contribution in [2.75, 3.05) is 33.2 Å². The molecule has 1 aromatic rings. The Bertz CT molecular complexity index is 653. The Balaban J connectivity index is 1.74. The fourth-order valence-electron chi connectivity index (χ4n) is 3.91. The topological polar surface area (TPSA) is 44.8 Å². The molecule has 0 bridgehead atoms. The molecule has 1 unspecified atom stereocenters. The van der Waals surface area contributed by atoms with Crippen LogP contribution in [0.25, 0.3) is 0 Å². The van der Waals surface area contributed by atoms with Gasteiger partial charge in [0.1, 0.15) is 5.75 Å². The Labute approximate surface area is 151 Å². The molecular formula is C18H24F3N3O2. The zero-order valence-electron chi connectivity index (χ0n) is 14.8. The third-order valence-corrected chi connectivity index (χ3v) is 5.40. The molecule has 5 nitrogen and oxygen atoms in total. The fraction of sp³-hybridized carbons (Fsp3) is 0.611. The number of carbonyl (C=O) groups excluding carboxylic acids is 1. The number of hydrogen-bond donors (Lipinski definition) is 1. The number of nitrogens with one attached hydrogen (secondary N) is 1. The van der Waals surface area contributed by atoms with Crippen molar-refractivity contribution in [1.29, 1.82) is 0 Å². The fourth-order valence-corrected chi connectivity index (χ4v) is 3.91. The molecule has 144 valence electrons. The lowest BCUT2D eigenvalue weighted by Gasteiger charge is -2.49. The van der Waals surface area contributed by atoms with Gasteiger partial charge in [0, 0.05) is 50.2 Å². The Kier molecular flexibility index (Phi) is 5.43. The number of amides is 1. The molecule has 26 heavy (non-hydrogen) atoms. The number of rotatable bonds is 3. The number of piperazine rings is 1. The summed E-state index contributed by atoms with van der Waals surface area (Å²) in [5.74, 6) is -0.0815. The van der Waals surface area contributed by atoms with Gasteiger partial charge >= 0.3 is 6.36 Å². The van der Waals surface area contributed by atoms with Crippen LogP contribution in [0.3, 0.4) is 0 Å². The van der Waals surface area contributed by atoms with Crippen LogP contribution in [-0.2, 0) is 11.3 Å². The van der Waals surface area contributed by atoms with Gasteiger partial charge in [-0.3, -0.25) is 14.6 Å². The summed E-state index contributed by atoms with van der Waals surface area (Å²) in [5.41, 5.74) is 0.393. The smallest absolute Gasteiger partial charge is 0.405 e. The number of ether oxygens (including phenoxy) is 1. The van der Waals surface area contributed by atoms with Crippen molar-refractivity contribution in [3.05, 3.63) is 29.8 Å². The van der Waals surface area contributed by atoms with Crippen LogP contribution in [0.2, 0.25) is 0 Å². The van der Waals surface area contributed by atoms with Crippen LogP contribution in [-0.4, -0.2) is 60.8 Å². The summed E-state index contributed by atoms with van der Waals surface area (Å²) in [7, 11) is 2.06. The largest absolute Gasteiger partial charge is 0.573 e. The van der Waals surface area contributed by atoms with E-state index >= 15 is 0 Å². The van der Waals surface area contributed by atoms with E-state index in [9.17, 15) is 18.0 Å². The first kappa shape index (κ1) is 19.0. The van der Waals surface area contributed by atoms with E-state index in [1.54, 1.807) is 18.2 Å². The molecule has 1 spiro atoms. The Hall–Kier alpha value is -1.80. The number of alkyl halides is 3. The monoisotopic (exact) mass is 371 g/mol. The minimum absolute atomic E-state index is 0.0660. The molecule has 0 aliphatic carbocycles. The number of hydrogen-bond acceptors (Lipinski definition) is 4. The SMILES string of the molecule is CN1CCN(Cc2ccccc2OC(F)(F)F)CC12CCNC(=O)CC2. The van der Waals surface area contributed by atoms with Crippen molar-refractivity contribution < 1.29 is 22.7 Å². The molecule has 2 aliphatic heterocycles. The van der Waals surface area contributed by atoms with E-state index in [1.807, 2.05) is 0 Å². The van der Waals surface area contributed by atoms with Gasteiger partial charge in [-0.2, -0.15) is 0 Å². The van der Waals surface area contributed by atoms with Crippen LogP contribution in [0.4, 0.5) is 13.2 Å². The lowest BCUT2D eigenvalue weighted by Crippen LogP contribution is -2.60. The molecule has 2 saturated heterocycles. The second-order valence-corrected chi connectivity index (χ2v) is 7.11. The summed E-state index contributed by atoms with van der Waals surface area (Å²) in [6.07, 6.45) is -2.63. The standard InChI is InChI=1S/C18H24F3N3O2/c1-23-10-11-24(13-17(23)7-6-16(25)22-9-8-17)12-14-4-2-3-5-15(14)26-18(19,20)21/h2-5H,6-13H2,1H3,(H,22,25). The molecule has 0 aromatic heterocycles. The van der Waals surface area contributed by atoms with Gasteiger partial charge in [-0.15, -0.1) is 13.2 Å². The van der Waals surface area contributed by atoms with Crippen molar-refractivity contribution in [3.63, 3.8) is 0 Å². The van der Waals surface area contributed by atoms with Crippen LogP contribution < -0.4 is 10.1 Å². The number of benzene rings is 1. The summed E-state index contributed by atoms with van der Waals surface area (Å²) in [6, 6.07) is 6.28. The van der Waals surface area contributed by atoms with Crippen LogP contribution in [0.5, 0.6) is 5.75 Å². The van der Waals surface area contributed by atoms with Crippen LogP contribution in [0.1, 0.15) is 24.8 Å². The predicted molar refractivity (Wildman–Crippen MR) is 90.6 cm³/mol. The normalized spacial score (nSPS) is 25.8. The zero-order valence-corrected chi connectivity index (χ0v) is 14.8. The highest BCUT2D eigenvalue weighted by Gasteiger charge is 2.41. The third kappa shape index (κ3) is 4.48. The van der Waals surface area contributed by atoms with E-state index in [4.69, 9.17) is 0 Å². The molecule has 3 rings (SSSR count). The molecule has 0 saturated carbocycles. The highest BCUT2D eigenvalue weighted by Crippen LogP contribution is 2.33. The molecule has 1 N–H and O–H groups in total. The summed E-state index contributed by atoms with van der Waals surface area (Å²) in [5, 5.41) is 2.91. The predicted octanol–water partition coefficient (Wildman–Crippen LogP) is 2.37. The minimum atomic E-state index is -4.70. The Morgan fingerprint density at radius 1 is 1.23 bits per heavy atom. The quantitative estimate of drug-likeness (QED) is 0.886. The van der Waals surface area contributed by atoms with Crippen LogP contribution in [0, 0.1) is 0 Å². The molecule has 1 amide bonds. The van der Waals surface area contributed by atoms with Crippen LogP contribution in [0.15, 0.2) is 24.3 Å². The highest BCUT2D eigenvalue weighted by atomic mass is 19.4. The van der Waals surface area contributed by atoms with E-state index < -0.39 is 6.36 Å². The van der Waals surface area contributed by atoms with Gasteiger partial charge in [0.25, 0.3) is 0 Å². The molecule has 8 heteroatoms. The van der Waals surface area contributed by atoms with Gasteiger partial charge in [0.15, 0.2) is 0 Å². The van der Waals surface area contributed by atoms with Gasteiger partial charge < -0.3 is 10.1 Å². The average Bonchev–Trinajstić information content (AvgIpc) is 2.74. The van der Waals surface area contributed by atoms with Gasteiger partial charge in [-0.05, 0) is 26.0 Å². The highest BCUT2D eigenvalue weighted by molar-refractivity contribution is 5.76. The Morgan fingerprint density at radius 3 is 2.77 bits per heavy atom. The molecule has 2 aliphatic rings. The molecule has 1 aromatic carbocycles. The van der Waals surface area contributed by atoms with Crippen LogP contribution >= 0.6 is 0 Å². The number of nitrogens with zero attached hydrogens (tertiary/aromatic N) is 2. The molecule has 2 heterocycles. The van der Waals surface area contributed by atoms with Crippen molar-refractivity contribution >= 4 is 5.91 Å². The first-order valence-electron chi connectivity index (χ1n) is 8.81. The van der Waals surface area contributed by atoms with E-state index in [0.717, 1.165) is 32.5 Å². The molecular weight excluding hydrogens is 347 g/mol. The Morgan fingerprint density at radius 2 is 2.00 bits per heavy atom. The van der Waals surface area contributed by atoms with Crippen molar-refractivity contribution in [1.82, 2.24) is 15.1 Å². The van der Waals surface area contributed by atoms with E-state index in [0.29, 0.717) is 25.1 Å². The van der Waals surface area contributed by atoms with E-state index in [1.165, 1.54) is 6.07 Å². The summed E-state index contributed by atoms with van der Waals surface area (Å²) >= 11 is 0. The first-order valence-corrected chi connectivity index (χ1v) is 8.81. The summed E-state index contributed by atoms with van der Waals surface area (Å²) in [4.78, 5) is 16.2. The maximum atomic E-state index is 12.6. The van der Waals surface area contributed by atoms with Crippen molar-refractivity contribution in [2.24, 2.45) is 0 Å². The number of halogens is 3. The van der Waals surface area contributed by atoms with E-state index in [-0.39, 0.29) is 17.2 Å². The second-order valence-electron chi connectivity index (χ2n) is 7.11. The maximum absolute atomic E-state index is 12.6.